The van der Waals surface area contributed by atoms with Gasteiger partial charge in [0.05, 0.1) is 31.3 Å². The molecule has 1 aromatic heterocycles. The molecule has 1 unspecified atom stereocenters. The van der Waals surface area contributed by atoms with Gasteiger partial charge in [-0.15, -0.1) is 0 Å². The third-order valence-corrected chi connectivity index (χ3v) is 7.94. The van der Waals surface area contributed by atoms with Crippen molar-refractivity contribution in [2.75, 3.05) is 41.1 Å². The van der Waals surface area contributed by atoms with Crippen LogP contribution in [0.4, 0.5) is 33.4 Å². The van der Waals surface area contributed by atoms with E-state index in [9.17, 15) is 9.00 Å². The molecular formula is C36H39N5O5S. The number of fused-ring (bicyclic) bond motifs is 1. The van der Waals surface area contributed by atoms with Crippen LogP contribution in [0.1, 0.15) is 31.9 Å². The van der Waals surface area contributed by atoms with Gasteiger partial charge in [-0.05, 0) is 59.9 Å². The lowest BCUT2D eigenvalue weighted by Gasteiger charge is -2.24. The number of carbonyl (C=O) groups excluding carboxylic acids is 1. The lowest BCUT2D eigenvalue weighted by Crippen LogP contribution is -2.21. The molecule has 0 saturated heterocycles. The molecule has 11 heteroatoms. The van der Waals surface area contributed by atoms with Crippen LogP contribution in [0.3, 0.4) is 0 Å². The molecule has 5 aromatic rings. The van der Waals surface area contributed by atoms with E-state index in [1.165, 1.54) is 13.4 Å². The van der Waals surface area contributed by atoms with Crippen LogP contribution in [0.15, 0.2) is 85.1 Å². The second kappa shape index (κ2) is 14.0. The molecule has 0 aliphatic carbocycles. The number of ether oxygens (including phenoxy) is 3. The highest BCUT2D eigenvalue weighted by atomic mass is 32.2. The first-order valence-electron chi connectivity index (χ1n) is 14.9. The van der Waals surface area contributed by atoms with Gasteiger partial charge in [0.2, 0.25) is 0 Å². The van der Waals surface area contributed by atoms with Gasteiger partial charge in [0.1, 0.15) is 34.1 Å². The Morgan fingerprint density at radius 1 is 0.809 bits per heavy atom. The van der Waals surface area contributed by atoms with E-state index in [1.807, 2.05) is 73.7 Å². The number of hydrogen-bond donors (Lipinski definition) is 4. The van der Waals surface area contributed by atoms with Crippen LogP contribution in [0, 0.1) is 6.92 Å². The molecular weight excluding hydrogens is 614 g/mol. The van der Waals surface area contributed by atoms with Crippen molar-refractivity contribution in [2.45, 2.75) is 33.1 Å². The first-order chi connectivity index (χ1) is 22.4. The van der Waals surface area contributed by atoms with Crippen LogP contribution in [-0.4, -0.2) is 35.7 Å². The Morgan fingerprint density at radius 3 is 2.23 bits per heavy atom. The molecule has 0 saturated carbocycles. The van der Waals surface area contributed by atoms with Gasteiger partial charge in [0.25, 0.3) is 0 Å². The highest BCUT2D eigenvalue weighted by Crippen LogP contribution is 2.40. The summed E-state index contributed by atoms with van der Waals surface area (Å²) in [7, 11) is 1.81. The minimum Gasteiger partial charge on any atom is -0.496 e. The average molecular weight is 654 g/mol. The summed E-state index contributed by atoms with van der Waals surface area (Å²) in [6.45, 7) is 8.17. The fourth-order valence-corrected chi connectivity index (χ4v) is 5.53. The van der Waals surface area contributed by atoms with E-state index in [0.29, 0.717) is 40.1 Å². The van der Waals surface area contributed by atoms with Gasteiger partial charge in [-0.1, -0.05) is 51.1 Å². The molecule has 4 aromatic carbocycles. The Labute approximate surface area is 277 Å². The van der Waals surface area contributed by atoms with Gasteiger partial charge in [0.15, 0.2) is 5.75 Å². The zero-order valence-corrected chi connectivity index (χ0v) is 28.3. The molecule has 0 radical (unpaired) electrons. The van der Waals surface area contributed by atoms with Crippen LogP contribution in [0.5, 0.6) is 23.0 Å². The van der Waals surface area contributed by atoms with Crippen LogP contribution in [-0.2, 0) is 16.4 Å². The van der Waals surface area contributed by atoms with Gasteiger partial charge in [0, 0.05) is 41.0 Å². The van der Waals surface area contributed by atoms with Gasteiger partial charge < -0.3 is 34.9 Å². The van der Waals surface area contributed by atoms with Gasteiger partial charge in [-0.25, -0.2) is 14.0 Å². The van der Waals surface area contributed by atoms with E-state index in [0.717, 1.165) is 33.3 Å². The second-order valence-corrected chi connectivity index (χ2v) is 13.0. The Bertz CT molecular complexity index is 1960. The normalized spacial score (nSPS) is 11.8. The first kappa shape index (κ1) is 33.1. The second-order valence-electron chi connectivity index (χ2n) is 11.9. The highest BCUT2D eigenvalue weighted by molar-refractivity contribution is 7.85. The Kier molecular flexibility index (Phi) is 9.86. The summed E-state index contributed by atoms with van der Waals surface area (Å²) in [5.41, 5.74) is 4.13. The summed E-state index contributed by atoms with van der Waals surface area (Å²) in [6.07, 6.45) is 3.21. The number of carbonyl (C=O) groups is 1. The van der Waals surface area contributed by atoms with Crippen molar-refractivity contribution in [3.8, 4) is 23.0 Å². The minimum atomic E-state index is -1.34. The highest BCUT2D eigenvalue weighted by Gasteiger charge is 2.22. The number of rotatable bonds is 10. The monoisotopic (exact) mass is 653 g/mol. The number of amides is 2. The van der Waals surface area contributed by atoms with E-state index in [2.05, 4.69) is 46.4 Å². The predicted octanol–water partition coefficient (Wildman–Crippen LogP) is 8.74. The molecule has 2 amide bonds. The Hall–Kier alpha value is -5.29. The molecule has 0 aliphatic heterocycles. The van der Waals surface area contributed by atoms with E-state index in [1.54, 1.807) is 25.4 Å². The Balaban J connectivity index is 1.38. The van der Waals surface area contributed by atoms with E-state index >= 15 is 0 Å². The van der Waals surface area contributed by atoms with Crippen LogP contribution in [0.2, 0.25) is 0 Å². The summed E-state index contributed by atoms with van der Waals surface area (Å²) in [4.78, 5) is 17.8. The largest absolute Gasteiger partial charge is 0.496 e. The minimum absolute atomic E-state index is 0.239. The van der Waals surface area contributed by atoms with Crippen molar-refractivity contribution >= 4 is 56.4 Å². The first-order valence-corrected chi connectivity index (χ1v) is 16.5. The molecule has 0 spiro atoms. The van der Waals surface area contributed by atoms with Crippen molar-refractivity contribution in [1.29, 1.82) is 0 Å². The molecule has 10 nitrogen and oxygen atoms in total. The van der Waals surface area contributed by atoms with Crippen molar-refractivity contribution in [3.63, 3.8) is 0 Å². The lowest BCUT2D eigenvalue weighted by molar-refractivity contribution is 0.262. The van der Waals surface area contributed by atoms with Crippen LogP contribution in [0.25, 0.3) is 10.8 Å². The number of urea groups is 1. The maximum absolute atomic E-state index is 13.4. The third kappa shape index (κ3) is 7.93. The lowest BCUT2D eigenvalue weighted by atomic mass is 9.86. The Morgan fingerprint density at radius 2 is 1.53 bits per heavy atom. The quantitative estimate of drug-likeness (QED) is 0.119. The van der Waals surface area contributed by atoms with Crippen molar-refractivity contribution in [2.24, 2.45) is 0 Å². The summed E-state index contributed by atoms with van der Waals surface area (Å²) in [6, 6.07) is 24.0. The fourth-order valence-electron chi connectivity index (χ4n) is 5.07. The van der Waals surface area contributed by atoms with Crippen molar-refractivity contribution in [3.05, 3.63) is 96.2 Å². The van der Waals surface area contributed by atoms with Gasteiger partial charge in [-0.3, -0.25) is 0 Å². The molecule has 244 valence electrons. The van der Waals surface area contributed by atoms with Gasteiger partial charge >= 0.3 is 6.03 Å². The summed E-state index contributed by atoms with van der Waals surface area (Å²) in [5.74, 6) is 2.98. The van der Waals surface area contributed by atoms with Crippen molar-refractivity contribution in [1.82, 2.24) is 4.98 Å². The topological polar surface area (TPSA) is 123 Å². The number of pyridine rings is 1. The number of nitrogens with one attached hydrogen (secondary N) is 4. The molecule has 1 atom stereocenters. The molecule has 0 aliphatic rings. The molecule has 1 heterocycles. The predicted molar refractivity (Wildman–Crippen MR) is 191 cm³/mol. The number of aryl methyl sites for hydroxylation is 1. The van der Waals surface area contributed by atoms with E-state index < -0.39 is 17.0 Å². The number of hydrogen-bond acceptors (Lipinski definition) is 7. The zero-order valence-electron chi connectivity index (χ0n) is 27.5. The van der Waals surface area contributed by atoms with Crippen LogP contribution < -0.4 is 34.9 Å². The van der Waals surface area contributed by atoms with E-state index in [4.69, 9.17) is 14.2 Å². The molecule has 47 heavy (non-hydrogen) atoms. The summed E-state index contributed by atoms with van der Waals surface area (Å²) < 4.78 is 32.3. The number of aromatic nitrogens is 1. The maximum Gasteiger partial charge on any atom is 0.323 e. The summed E-state index contributed by atoms with van der Waals surface area (Å²) in [5, 5.41) is 10.8. The van der Waals surface area contributed by atoms with Crippen LogP contribution >= 0.6 is 0 Å². The smallest absolute Gasteiger partial charge is 0.323 e. The zero-order chi connectivity index (χ0) is 33.7. The number of nitrogens with zero attached hydrogens (tertiary/aromatic N) is 1. The van der Waals surface area contributed by atoms with Gasteiger partial charge in [-0.2, -0.15) is 0 Å². The standard InChI is InChI=1S/C36H39N5O5S/c1-22-12-13-24(20-32(22)44-5)38-33-21-25(16-17-37-33)46-31-15-14-28(26-10-8-9-11-27(26)31)39-35(42)40-29-18-23(36(2,3)4)19-30(34(29)45-6)41-47(7)43/h8-21,41H,1-7H3,(H,37,38)(H2,39,40,42). The number of methoxy groups -OCH3 is 2. The molecule has 0 bridgehead atoms. The molecule has 0 fully saturated rings. The third-order valence-electron chi connectivity index (χ3n) is 7.43. The molecule has 4 N–H and O–H groups in total. The molecule has 5 rings (SSSR count). The average Bonchev–Trinajstić information content (AvgIpc) is 3.02. The van der Waals surface area contributed by atoms with E-state index in [-0.39, 0.29) is 5.41 Å². The SMILES string of the molecule is COc1cc(Nc2cc(Oc3ccc(NC(=O)Nc4cc(C(C)(C)C)cc(NS(C)=O)c4OC)c4ccccc34)ccn2)ccc1C. The number of anilines is 5. The maximum atomic E-state index is 13.4. The fraction of sp³-hybridized carbons (Fsp3) is 0.222. The summed E-state index contributed by atoms with van der Waals surface area (Å²) >= 11 is 0. The number of benzene rings is 4. The van der Waals surface area contributed by atoms with Crippen molar-refractivity contribution < 1.29 is 23.2 Å².